The van der Waals surface area contributed by atoms with Crippen LogP contribution in [-0.4, -0.2) is 18.0 Å². The molecule has 1 heterocycles. The third-order valence-electron chi connectivity index (χ3n) is 2.76. The first-order valence-electron chi connectivity index (χ1n) is 6.22. The van der Waals surface area contributed by atoms with Crippen molar-refractivity contribution < 1.29 is 9.53 Å². The summed E-state index contributed by atoms with van der Waals surface area (Å²) in [5, 5.41) is 5.32. The van der Waals surface area contributed by atoms with Crippen LogP contribution in [0.2, 0.25) is 0 Å². The van der Waals surface area contributed by atoms with Gasteiger partial charge in [-0.2, -0.15) is 0 Å². The minimum atomic E-state index is -0.191. The molecule has 0 saturated heterocycles. The molecule has 1 atom stereocenters. The van der Waals surface area contributed by atoms with E-state index >= 15 is 0 Å². The maximum atomic E-state index is 11.9. The maximum absolute atomic E-state index is 11.9. The average molecular weight is 291 g/mol. The van der Waals surface area contributed by atoms with Gasteiger partial charge in [0.1, 0.15) is 16.5 Å². The molecule has 2 aromatic rings. The van der Waals surface area contributed by atoms with Crippen molar-refractivity contribution in [3.63, 3.8) is 0 Å². The van der Waals surface area contributed by atoms with Crippen molar-refractivity contribution in [1.29, 1.82) is 0 Å². The highest BCUT2D eigenvalue weighted by Crippen LogP contribution is 2.16. The molecule has 106 valence electrons. The summed E-state index contributed by atoms with van der Waals surface area (Å²) < 4.78 is 5.08. The largest absolute Gasteiger partial charge is 0.497 e. The molecule has 5 nitrogen and oxygen atoms in total. The van der Waals surface area contributed by atoms with Crippen LogP contribution in [0.15, 0.2) is 29.6 Å². The van der Waals surface area contributed by atoms with Crippen LogP contribution in [0.3, 0.4) is 0 Å². The second kappa shape index (κ2) is 6.49. The fourth-order valence-corrected chi connectivity index (χ4v) is 2.38. The zero-order valence-corrected chi connectivity index (χ0v) is 12.2. The molecule has 6 heteroatoms. The number of benzene rings is 1. The monoisotopic (exact) mass is 291 g/mol. The van der Waals surface area contributed by atoms with E-state index < -0.39 is 0 Å². The standard InChI is InChI=1S/C14H17N3O2S/c1-9(15)14-17-12(8-20-14)13(18)16-7-10-3-5-11(19-2)6-4-10/h3-6,8-9H,7,15H2,1-2H3,(H,16,18). The Morgan fingerprint density at radius 1 is 1.45 bits per heavy atom. The van der Waals surface area contributed by atoms with Crippen LogP contribution >= 0.6 is 11.3 Å². The smallest absolute Gasteiger partial charge is 0.271 e. The number of hydrogen-bond donors (Lipinski definition) is 2. The van der Waals surface area contributed by atoms with Crippen LogP contribution in [0, 0.1) is 0 Å². The van der Waals surface area contributed by atoms with Crippen LogP contribution in [0.4, 0.5) is 0 Å². The number of nitrogens with zero attached hydrogens (tertiary/aromatic N) is 1. The minimum absolute atomic E-state index is 0.150. The van der Waals surface area contributed by atoms with Crippen molar-refractivity contribution in [3.8, 4) is 5.75 Å². The Hall–Kier alpha value is -1.92. The molecule has 1 amide bonds. The lowest BCUT2D eigenvalue weighted by Gasteiger charge is -2.05. The Balaban J connectivity index is 1.93. The fourth-order valence-electron chi connectivity index (χ4n) is 1.62. The van der Waals surface area contributed by atoms with Crippen LogP contribution < -0.4 is 15.8 Å². The molecule has 0 aliphatic carbocycles. The summed E-state index contributed by atoms with van der Waals surface area (Å²) in [6, 6.07) is 7.39. The van der Waals surface area contributed by atoms with E-state index in [2.05, 4.69) is 10.3 Å². The third kappa shape index (κ3) is 3.55. The topological polar surface area (TPSA) is 77.2 Å². The number of rotatable bonds is 5. The second-order valence-electron chi connectivity index (χ2n) is 4.39. The highest BCUT2D eigenvalue weighted by molar-refractivity contribution is 7.09. The molecular formula is C14H17N3O2S. The van der Waals surface area contributed by atoms with E-state index in [0.29, 0.717) is 12.2 Å². The van der Waals surface area contributed by atoms with E-state index in [9.17, 15) is 4.79 Å². The van der Waals surface area contributed by atoms with Crippen LogP contribution in [0.1, 0.15) is 34.0 Å². The number of carbonyl (C=O) groups is 1. The van der Waals surface area contributed by atoms with E-state index in [-0.39, 0.29) is 11.9 Å². The van der Waals surface area contributed by atoms with Gasteiger partial charge in [0.25, 0.3) is 5.91 Å². The SMILES string of the molecule is COc1ccc(CNC(=O)c2csc(C(C)N)n2)cc1. The molecule has 0 bridgehead atoms. The number of methoxy groups -OCH3 is 1. The molecule has 3 N–H and O–H groups in total. The van der Waals surface area contributed by atoms with Crippen molar-refractivity contribution in [3.05, 3.63) is 45.9 Å². The zero-order valence-electron chi connectivity index (χ0n) is 11.4. The molecule has 1 aromatic carbocycles. The molecule has 0 spiro atoms. The van der Waals surface area contributed by atoms with Gasteiger partial charge < -0.3 is 15.8 Å². The number of nitrogens with two attached hydrogens (primary N) is 1. The first-order valence-corrected chi connectivity index (χ1v) is 7.10. The summed E-state index contributed by atoms with van der Waals surface area (Å²) >= 11 is 1.40. The molecule has 20 heavy (non-hydrogen) atoms. The lowest BCUT2D eigenvalue weighted by atomic mass is 10.2. The zero-order chi connectivity index (χ0) is 14.5. The summed E-state index contributed by atoms with van der Waals surface area (Å²) in [7, 11) is 1.62. The van der Waals surface area contributed by atoms with Crippen molar-refractivity contribution in [2.24, 2.45) is 5.73 Å². The molecule has 0 radical (unpaired) electrons. The van der Waals surface area contributed by atoms with Gasteiger partial charge in [0, 0.05) is 11.9 Å². The Morgan fingerprint density at radius 2 is 2.15 bits per heavy atom. The average Bonchev–Trinajstić information content (AvgIpc) is 2.95. The first kappa shape index (κ1) is 14.5. The second-order valence-corrected chi connectivity index (χ2v) is 5.28. The summed E-state index contributed by atoms with van der Waals surface area (Å²) in [6.07, 6.45) is 0. The molecule has 0 aliphatic rings. The highest BCUT2D eigenvalue weighted by Gasteiger charge is 2.12. The quantitative estimate of drug-likeness (QED) is 0.884. The van der Waals surface area contributed by atoms with E-state index in [4.69, 9.17) is 10.5 Å². The van der Waals surface area contributed by atoms with Gasteiger partial charge in [-0.15, -0.1) is 11.3 Å². The lowest BCUT2D eigenvalue weighted by molar-refractivity contribution is 0.0946. The molecule has 1 unspecified atom stereocenters. The third-order valence-corrected chi connectivity index (χ3v) is 3.80. The molecule has 2 rings (SSSR count). The molecule has 1 aromatic heterocycles. The Labute approximate surface area is 121 Å². The van der Waals surface area contributed by atoms with Gasteiger partial charge in [-0.05, 0) is 24.6 Å². The Morgan fingerprint density at radius 3 is 2.70 bits per heavy atom. The van der Waals surface area contributed by atoms with Crippen molar-refractivity contribution in [2.45, 2.75) is 19.5 Å². The normalized spacial score (nSPS) is 11.9. The summed E-state index contributed by atoms with van der Waals surface area (Å²) in [5.74, 6) is 0.602. The lowest BCUT2D eigenvalue weighted by Crippen LogP contribution is -2.23. The van der Waals surface area contributed by atoms with E-state index in [1.807, 2.05) is 31.2 Å². The minimum Gasteiger partial charge on any atom is -0.497 e. The van der Waals surface area contributed by atoms with Gasteiger partial charge in [0.05, 0.1) is 13.2 Å². The summed E-state index contributed by atoms with van der Waals surface area (Å²) in [4.78, 5) is 16.2. The first-order chi connectivity index (χ1) is 9.60. The van der Waals surface area contributed by atoms with Gasteiger partial charge in [0.2, 0.25) is 0 Å². The Kier molecular flexibility index (Phi) is 4.70. The predicted molar refractivity (Wildman–Crippen MR) is 78.9 cm³/mol. The number of hydrogen-bond acceptors (Lipinski definition) is 5. The summed E-state index contributed by atoms with van der Waals surface area (Å²) in [6.45, 7) is 2.30. The number of carbonyl (C=O) groups excluding carboxylic acids is 1. The van der Waals surface area contributed by atoms with Crippen molar-refractivity contribution >= 4 is 17.2 Å². The molecule has 0 saturated carbocycles. The summed E-state index contributed by atoms with van der Waals surface area (Å²) in [5.41, 5.74) is 7.14. The number of amides is 1. The highest BCUT2D eigenvalue weighted by atomic mass is 32.1. The van der Waals surface area contributed by atoms with Crippen LogP contribution in [-0.2, 0) is 6.54 Å². The van der Waals surface area contributed by atoms with Gasteiger partial charge in [-0.1, -0.05) is 12.1 Å². The molecule has 0 fully saturated rings. The van der Waals surface area contributed by atoms with Crippen LogP contribution in [0.5, 0.6) is 5.75 Å². The van der Waals surface area contributed by atoms with Crippen molar-refractivity contribution in [2.75, 3.05) is 7.11 Å². The predicted octanol–water partition coefficient (Wildman–Crippen LogP) is 2.10. The number of thiazole rings is 1. The number of nitrogens with one attached hydrogen (secondary N) is 1. The van der Waals surface area contributed by atoms with Gasteiger partial charge in [-0.3, -0.25) is 4.79 Å². The van der Waals surface area contributed by atoms with Crippen LogP contribution in [0.25, 0.3) is 0 Å². The van der Waals surface area contributed by atoms with Gasteiger partial charge >= 0.3 is 0 Å². The fraction of sp³-hybridized carbons (Fsp3) is 0.286. The molecular weight excluding hydrogens is 274 g/mol. The van der Waals surface area contributed by atoms with Gasteiger partial charge in [0.15, 0.2) is 0 Å². The van der Waals surface area contributed by atoms with Gasteiger partial charge in [-0.25, -0.2) is 4.98 Å². The van der Waals surface area contributed by atoms with E-state index in [1.165, 1.54) is 11.3 Å². The van der Waals surface area contributed by atoms with Crippen molar-refractivity contribution in [1.82, 2.24) is 10.3 Å². The van der Waals surface area contributed by atoms with E-state index in [0.717, 1.165) is 16.3 Å². The Bertz CT molecular complexity index is 578. The number of aromatic nitrogens is 1. The molecule has 0 aliphatic heterocycles. The van der Waals surface area contributed by atoms with E-state index in [1.54, 1.807) is 12.5 Å². The maximum Gasteiger partial charge on any atom is 0.271 e. The number of ether oxygens (including phenoxy) is 1.